The Morgan fingerprint density at radius 2 is 1.38 bits per heavy atom. The zero-order chi connectivity index (χ0) is 18.8. The van der Waals surface area contributed by atoms with Gasteiger partial charge in [0.15, 0.2) is 0 Å². The molecular formula is C23H30O2Si. The van der Waals surface area contributed by atoms with Gasteiger partial charge in [-0.15, -0.1) is 0 Å². The van der Waals surface area contributed by atoms with Gasteiger partial charge >= 0.3 is 8.32 Å². The maximum Gasteiger partial charge on any atom is 0.319 e. The summed E-state index contributed by atoms with van der Waals surface area (Å²) in [7, 11) is -0.782. The van der Waals surface area contributed by atoms with Crippen molar-refractivity contribution in [2.24, 2.45) is 0 Å². The molecule has 0 aromatic heterocycles. The molecule has 26 heavy (non-hydrogen) atoms. The molecule has 0 amide bonds. The van der Waals surface area contributed by atoms with Gasteiger partial charge in [0.05, 0.1) is 0 Å². The van der Waals surface area contributed by atoms with Gasteiger partial charge in [0.25, 0.3) is 0 Å². The van der Waals surface area contributed by atoms with E-state index < -0.39 is 8.32 Å². The highest BCUT2D eigenvalue weighted by molar-refractivity contribution is 6.99. The van der Waals surface area contributed by atoms with E-state index >= 15 is 0 Å². The van der Waals surface area contributed by atoms with E-state index in [4.69, 9.17) is 9.16 Å². The van der Waals surface area contributed by atoms with Gasteiger partial charge < -0.3 is 9.16 Å². The summed E-state index contributed by atoms with van der Waals surface area (Å²) in [5, 5.41) is 2.56. The van der Waals surface area contributed by atoms with E-state index in [9.17, 15) is 0 Å². The highest BCUT2D eigenvalue weighted by Crippen LogP contribution is 2.42. The minimum atomic E-state index is -2.57. The Labute approximate surface area is 159 Å². The molecule has 2 aromatic rings. The molecule has 1 atom stereocenters. The number of methoxy groups -OCH3 is 1. The van der Waals surface area contributed by atoms with E-state index in [0.29, 0.717) is 0 Å². The first kappa shape index (κ1) is 18.9. The van der Waals surface area contributed by atoms with Crippen LogP contribution in [0.4, 0.5) is 0 Å². The lowest BCUT2D eigenvalue weighted by Crippen LogP contribution is -2.67. The molecule has 1 aliphatic carbocycles. The van der Waals surface area contributed by atoms with Crippen LogP contribution < -0.4 is 10.4 Å². The molecule has 0 heterocycles. The lowest BCUT2D eigenvalue weighted by atomic mass is 10.1. The Hall–Kier alpha value is -1.84. The second kappa shape index (κ2) is 7.05. The smallest absolute Gasteiger partial charge is 0.319 e. The van der Waals surface area contributed by atoms with Crippen LogP contribution in [0.1, 0.15) is 40.5 Å². The maximum atomic E-state index is 7.12. The van der Waals surface area contributed by atoms with Crippen molar-refractivity contribution >= 4 is 18.7 Å². The van der Waals surface area contributed by atoms with Crippen molar-refractivity contribution in [3.8, 4) is 0 Å². The summed E-state index contributed by atoms with van der Waals surface area (Å²) in [4.78, 5) is 0. The molecule has 3 rings (SSSR count). The summed E-state index contributed by atoms with van der Waals surface area (Å²) in [6.45, 7) is 9.06. The van der Waals surface area contributed by atoms with Crippen LogP contribution in [0, 0.1) is 0 Å². The van der Waals surface area contributed by atoms with Crippen molar-refractivity contribution in [1.82, 2.24) is 0 Å². The van der Waals surface area contributed by atoms with Gasteiger partial charge in [-0.1, -0.05) is 81.4 Å². The first-order valence-electron chi connectivity index (χ1n) is 9.39. The molecular weight excluding hydrogens is 336 g/mol. The number of rotatable bonds is 5. The molecule has 1 aliphatic rings. The maximum absolute atomic E-state index is 7.12. The van der Waals surface area contributed by atoms with E-state index in [0.717, 1.165) is 18.6 Å². The number of allylic oxidation sites excluding steroid dienone is 1. The summed E-state index contributed by atoms with van der Waals surface area (Å²) < 4.78 is 13.0. The largest absolute Gasteiger partial charge is 0.535 e. The van der Waals surface area contributed by atoms with Gasteiger partial charge in [-0.3, -0.25) is 0 Å². The van der Waals surface area contributed by atoms with Gasteiger partial charge in [-0.25, -0.2) is 0 Å². The first-order chi connectivity index (χ1) is 12.3. The molecule has 0 saturated carbocycles. The molecule has 0 aliphatic heterocycles. The van der Waals surface area contributed by atoms with Crippen molar-refractivity contribution in [1.29, 1.82) is 0 Å². The van der Waals surface area contributed by atoms with Crippen molar-refractivity contribution in [3.63, 3.8) is 0 Å². The number of benzene rings is 2. The molecule has 2 nitrogen and oxygen atoms in total. The van der Waals surface area contributed by atoms with E-state index in [-0.39, 0.29) is 10.6 Å². The summed E-state index contributed by atoms with van der Waals surface area (Å²) in [5.74, 6) is 0.995. The molecule has 0 saturated heterocycles. The molecule has 1 unspecified atom stereocenters. The fourth-order valence-electron chi connectivity index (χ4n) is 3.98. The van der Waals surface area contributed by atoms with Gasteiger partial charge in [0.1, 0.15) is 11.4 Å². The second-order valence-electron chi connectivity index (χ2n) is 8.31. The van der Waals surface area contributed by atoms with Gasteiger partial charge in [0.2, 0.25) is 0 Å². The van der Waals surface area contributed by atoms with E-state index in [1.165, 1.54) is 10.4 Å². The zero-order valence-corrected chi connectivity index (χ0v) is 17.6. The minimum Gasteiger partial charge on any atom is -0.535 e. The van der Waals surface area contributed by atoms with Crippen molar-refractivity contribution in [3.05, 3.63) is 72.5 Å². The monoisotopic (exact) mass is 366 g/mol. The molecule has 0 radical (unpaired) electrons. The van der Waals surface area contributed by atoms with Gasteiger partial charge in [-0.2, -0.15) is 0 Å². The fourth-order valence-corrected chi connectivity index (χ4v) is 8.54. The number of ether oxygens (including phenoxy) is 1. The second-order valence-corrected chi connectivity index (χ2v) is 12.5. The molecule has 2 aromatic carbocycles. The van der Waals surface area contributed by atoms with E-state index in [1.807, 2.05) is 0 Å². The topological polar surface area (TPSA) is 18.5 Å². The average Bonchev–Trinajstić information content (AvgIpc) is 3.01. The van der Waals surface area contributed by atoms with Crippen LogP contribution in [0.5, 0.6) is 0 Å². The van der Waals surface area contributed by atoms with Gasteiger partial charge in [0, 0.05) is 7.11 Å². The first-order valence-corrected chi connectivity index (χ1v) is 11.3. The van der Waals surface area contributed by atoms with Crippen LogP contribution in [0.2, 0.25) is 5.04 Å². The highest BCUT2D eigenvalue weighted by Gasteiger charge is 2.54. The van der Waals surface area contributed by atoms with E-state index in [2.05, 4.69) is 94.4 Å². The van der Waals surface area contributed by atoms with Crippen molar-refractivity contribution < 1.29 is 9.16 Å². The molecule has 0 spiro atoms. The molecule has 0 N–H and O–H groups in total. The Balaban J connectivity index is 2.22. The summed E-state index contributed by atoms with van der Waals surface area (Å²) >= 11 is 0. The zero-order valence-electron chi connectivity index (χ0n) is 16.6. The molecule has 138 valence electrons. The number of hydrogen-bond donors (Lipinski definition) is 0. The summed E-state index contributed by atoms with van der Waals surface area (Å²) in [6, 6.07) is 21.5. The highest BCUT2D eigenvalue weighted by atomic mass is 28.4. The summed E-state index contributed by atoms with van der Waals surface area (Å²) in [5.41, 5.74) is -0.340. The van der Waals surface area contributed by atoms with Crippen LogP contribution in [0.3, 0.4) is 0 Å². The standard InChI is InChI=1S/C23H30O2Si/c1-22(2,3)26(19-13-8-6-9-14-19,20-15-10-7-11-16-20)25-21-17-12-18-23(21,4)24-5/h6-11,13-17H,12,18H2,1-5H3. The molecule has 0 bridgehead atoms. The van der Waals surface area contributed by atoms with Gasteiger partial charge in [-0.05, 0) is 41.3 Å². The third-order valence-electron chi connectivity index (χ3n) is 5.60. The molecule has 3 heteroatoms. The van der Waals surface area contributed by atoms with Crippen LogP contribution >= 0.6 is 0 Å². The van der Waals surface area contributed by atoms with Crippen molar-refractivity contribution in [2.75, 3.05) is 7.11 Å². The molecule has 0 fully saturated rings. The minimum absolute atomic E-state index is 0.0339. The predicted molar refractivity (Wildman–Crippen MR) is 111 cm³/mol. The Morgan fingerprint density at radius 1 is 0.885 bits per heavy atom. The van der Waals surface area contributed by atoms with Crippen LogP contribution in [-0.2, 0) is 9.16 Å². The fraction of sp³-hybridized carbons (Fsp3) is 0.391. The Kier molecular flexibility index (Phi) is 5.13. The average molecular weight is 367 g/mol. The van der Waals surface area contributed by atoms with E-state index in [1.54, 1.807) is 7.11 Å². The summed E-state index contributed by atoms with van der Waals surface area (Å²) in [6.07, 6.45) is 4.19. The Morgan fingerprint density at radius 3 is 1.81 bits per heavy atom. The third-order valence-corrected chi connectivity index (χ3v) is 10.5. The SMILES string of the molecule is COC1(C)CCC=C1O[Si](c1ccccc1)(c1ccccc1)C(C)(C)C. The van der Waals surface area contributed by atoms with Crippen LogP contribution in [-0.4, -0.2) is 21.0 Å². The predicted octanol–water partition coefficient (Wildman–Crippen LogP) is 4.65. The number of hydrogen-bond acceptors (Lipinski definition) is 2. The lowest BCUT2D eigenvalue weighted by molar-refractivity contribution is 0.0111. The van der Waals surface area contributed by atoms with Crippen LogP contribution in [0.25, 0.3) is 0 Å². The quantitative estimate of drug-likeness (QED) is 0.717. The third kappa shape index (κ3) is 3.14. The Bertz CT molecular complexity index is 722. The van der Waals surface area contributed by atoms with Crippen LogP contribution in [0.15, 0.2) is 72.5 Å². The normalized spacial score (nSPS) is 20.7. The lowest BCUT2D eigenvalue weighted by Gasteiger charge is -2.45. The van der Waals surface area contributed by atoms with Crippen molar-refractivity contribution in [2.45, 2.75) is 51.2 Å².